The van der Waals surface area contributed by atoms with Crippen molar-refractivity contribution in [3.05, 3.63) is 29.3 Å². The SMILES string of the molecule is O=C(CN1C(=O)c2cccc(O)c2C1=O)N1CCC2CCCCC2C1. The Morgan fingerprint density at radius 1 is 1.08 bits per heavy atom. The lowest BCUT2D eigenvalue weighted by Gasteiger charge is -2.41. The molecule has 4 rings (SSSR count). The Kier molecular flexibility index (Phi) is 3.98. The van der Waals surface area contributed by atoms with Crippen molar-refractivity contribution in [3.63, 3.8) is 0 Å². The van der Waals surface area contributed by atoms with Crippen LogP contribution in [0.4, 0.5) is 0 Å². The predicted octanol–water partition coefficient (Wildman–Crippen LogP) is 2.03. The van der Waals surface area contributed by atoms with Crippen molar-refractivity contribution in [2.24, 2.45) is 11.8 Å². The van der Waals surface area contributed by atoms with Crippen LogP contribution < -0.4 is 0 Å². The largest absolute Gasteiger partial charge is 0.507 e. The Balaban J connectivity index is 1.46. The van der Waals surface area contributed by atoms with Crippen molar-refractivity contribution >= 4 is 17.7 Å². The van der Waals surface area contributed by atoms with E-state index in [0.29, 0.717) is 18.4 Å². The second-order valence-electron chi connectivity index (χ2n) is 7.33. The zero-order valence-electron chi connectivity index (χ0n) is 14.1. The molecule has 2 atom stereocenters. The number of nitrogens with zero attached hydrogens (tertiary/aromatic N) is 2. The summed E-state index contributed by atoms with van der Waals surface area (Å²) in [4.78, 5) is 40.3. The van der Waals surface area contributed by atoms with Crippen LogP contribution in [0.5, 0.6) is 5.75 Å². The van der Waals surface area contributed by atoms with Crippen molar-refractivity contribution in [1.29, 1.82) is 0 Å². The molecular weight excluding hydrogens is 320 g/mol. The summed E-state index contributed by atoms with van der Waals surface area (Å²) in [5.41, 5.74) is 0.176. The van der Waals surface area contributed by atoms with Gasteiger partial charge in [-0.3, -0.25) is 19.3 Å². The minimum Gasteiger partial charge on any atom is -0.507 e. The number of imide groups is 1. The Labute approximate surface area is 146 Å². The van der Waals surface area contributed by atoms with Crippen LogP contribution in [0.1, 0.15) is 52.8 Å². The van der Waals surface area contributed by atoms with Gasteiger partial charge in [0.05, 0.1) is 11.1 Å². The molecule has 0 radical (unpaired) electrons. The maximum absolute atomic E-state index is 12.7. The molecule has 1 N–H and O–H groups in total. The van der Waals surface area contributed by atoms with Gasteiger partial charge < -0.3 is 10.0 Å². The van der Waals surface area contributed by atoms with Crippen molar-refractivity contribution < 1.29 is 19.5 Å². The molecule has 25 heavy (non-hydrogen) atoms. The van der Waals surface area contributed by atoms with Gasteiger partial charge >= 0.3 is 0 Å². The number of phenols is 1. The minimum atomic E-state index is -0.584. The Hall–Kier alpha value is -2.37. The monoisotopic (exact) mass is 342 g/mol. The molecule has 0 spiro atoms. The lowest BCUT2D eigenvalue weighted by atomic mass is 9.75. The van der Waals surface area contributed by atoms with Crippen molar-refractivity contribution in [3.8, 4) is 5.75 Å². The summed E-state index contributed by atoms with van der Waals surface area (Å²) in [5, 5.41) is 9.85. The summed E-state index contributed by atoms with van der Waals surface area (Å²) >= 11 is 0. The van der Waals surface area contributed by atoms with Crippen LogP contribution in [-0.4, -0.2) is 52.3 Å². The van der Waals surface area contributed by atoms with Crippen LogP contribution in [-0.2, 0) is 4.79 Å². The Morgan fingerprint density at radius 3 is 2.60 bits per heavy atom. The van der Waals surface area contributed by atoms with Gasteiger partial charge in [-0.25, -0.2) is 0 Å². The summed E-state index contributed by atoms with van der Waals surface area (Å²) in [6.07, 6.45) is 5.94. The lowest BCUT2D eigenvalue weighted by Crippen LogP contribution is -2.49. The highest BCUT2D eigenvalue weighted by Crippen LogP contribution is 2.36. The highest BCUT2D eigenvalue weighted by atomic mass is 16.3. The smallest absolute Gasteiger partial charge is 0.265 e. The van der Waals surface area contributed by atoms with E-state index in [4.69, 9.17) is 0 Å². The molecule has 0 bridgehead atoms. The molecule has 1 aliphatic carbocycles. The van der Waals surface area contributed by atoms with Gasteiger partial charge in [0.1, 0.15) is 12.3 Å². The number of hydrogen-bond acceptors (Lipinski definition) is 4. The van der Waals surface area contributed by atoms with E-state index in [1.54, 1.807) is 4.90 Å². The zero-order valence-corrected chi connectivity index (χ0v) is 14.1. The molecular formula is C19H22N2O4. The lowest BCUT2D eigenvalue weighted by molar-refractivity contribution is -0.134. The van der Waals surface area contributed by atoms with Crippen LogP contribution in [0.25, 0.3) is 0 Å². The molecule has 1 saturated heterocycles. The Bertz CT molecular complexity index is 745. The van der Waals surface area contributed by atoms with Gasteiger partial charge in [0.2, 0.25) is 5.91 Å². The van der Waals surface area contributed by atoms with Crippen LogP contribution in [0, 0.1) is 11.8 Å². The first kappa shape index (κ1) is 16.1. The highest BCUT2D eigenvalue weighted by molar-refractivity contribution is 6.23. The number of likely N-dealkylation sites (tertiary alicyclic amines) is 1. The number of benzene rings is 1. The second kappa shape index (κ2) is 6.17. The number of carbonyl (C=O) groups excluding carboxylic acids is 3. The molecule has 2 heterocycles. The Morgan fingerprint density at radius 2 is 1.84 bits per heavy atom. The van der Waals surface area contributed by atoms with E-state index in [1.165, 1.54) is 37.5 Å². The van der Waals surface area contributed by atoms with Gasteiger partial charge in [0, 0.05) is 13.1 Å². The fourth-order valence-electron chi connectivity index (χ4n) is 4.52. The molecule has 3 aliphatic rings. The van der Waals surface area contributed by atoms with Crippen molar-refractivity contribution in [2.45, 2.75) is 32.1 Å². The number of fused-ring (bicyclic) bond motifs is 2. The van der Waals surface area contributed by atoms with Crippen LogP contribution in [0.2, 0.25) is 0 Å². The summed E-state index contributed by atoms with van der Waals surface area (Å²) in [5.74, 6) is -0.214. The molecule has 1 saturated carbocycles. The number of piperidine rings is 1. The van der Waals surface area contributed by atoms with Crippen LogP contribution in [0.15, 0.2) is 18.2 Å². The topological polar surface area (TPSA) is 77.9 Å². The number of carbonyl (C=O) groups is 3. The van der Waals surface area contributed by atoms with E-state index >= 15 is 0 Å². The maximum atomic E-state index is 12.7. The molecule has 2 aliphatic heterocycles. The maximum Gasteiger partial charge on any atom is 0.265 e. The third-order valence-corrected chi connectivity index (χ3v) is 5.91. The summed E-state index contributed by atoms with van der Waals surface area (Å²) in [6.45, 7) is 1.19. The van der Waals surface area contributed by atoms with E-state index in [0.717, 1.165) is 24.3 Å². The molecule has 0 aromatic heterocycles. The molecule has 3 amide bonds. The predicted molar refractivity (Wildman–Crippen MR) is 90.1 cm³/mol. The average Bonchev–Trinajstić information content (AvgIpc) is 2.87. The molecule has 1 aromatic rings. The first-order valence-corrected chi connectivity index (χ1v) is 9.02. The average molecular weight is 342 g/mol. The van der Waals surface area contributed by atoms with Gasteiger partial charge in [0.15, 0.2) is 0 Å². The molecule has 6 nitrogen and oxygen atoms in total. The van der Waals surface area contributed by atoms with Crippen molar-refractivity contribution in [1.82, 2.24) is 9.80 Å². The second-order valence-corrected chi connectivity index (χ2v) is 7.33. The normalized spacial score (nSPS) is 25.8. The summed E-state index contributed by atoms with van der Waals surface area (Å²) in [7, 11) is 0. The number of phenolic OH excluding ortho intramolecular Hbond substituents is 1. The fourth-order valence-corrected chi connectivity index (χ4v) is 4.52. The molecule has 6 heteroatoms. The van der Waals surface area contributed by atoms with E-state index in [9.17, 15) is 19.5 Å². The van der Waals surface area contributed by atoms with E-state index in [2.05, 4.69) is 0 Å². The van der Waals surface area contributed by atoms with Gasteiger partial charge in [-0.1, -0.05) is 25.3 Å². The highest BCUT2D eigenvalue weighted by Gasteiger charge is 2.40. The summed E-state index contributed by atoms with van der Waals surface area (Å²) in [6, 6.07) is 4.41. The molecule has 2 fully saturated rings. The van der Waals surface area contributed by atoms with E-state index < -0.39 is 11.8 Å². The molecule has 132 valence electrons. The fraction of sp³-hybridized carbons (Fsp3) is 0.526. The molecule has 2 unspecified atom stereocenters. The van der Waals surface area contributed by atoms with Crippen LogP contribution >= 0.6 is 0 Å². The first-order valence-electron chi connectivity index (χ1n) is 9.02. The zero-order chi connectivity index (χ0) is 17.6. The third kappa shape index (κ3) is 2.69. The van der Waals surface area contributed by atoms with Gasteiger partial charge in [-0.2, -0.15) is 0 Å². The third-order valence-electron chi connectivity index (χ3n) is 5.91. The van der Waals surface area contributed by atoms with Crippen LogP contribution in [0.3, 0.4) is 0 Å². The molecule has 1 aromatic carbocycles. The van der Waals surface area contributed by atoms with Gasteiger partial charge in [0.25, 0.3) is 11.8 Å². The minimum absolute atomic E-state index is 0.00582. The first-order chi connectivity index (χ1) is 12.1. The van der Waals surface area contributed by atoms with Gasteiger partial charge in [-0.15, -0.1) is 0 Å². The number of rotatable bonds is 2. The number of amides is 3. The van der Waals surface area contributed by atoms with Gasteiger partial charge in [-0.05, 0) is 36.8 Å². The van der Waals surface area contributed by atoms with E-state index in [-0.39, 0.29) is 29.3 Å². The number of hydrogen-bond donors (Lipinski definition) is 1. The number of aromatic hydroxyl groups is 1. The quantitative estimate of drug-likeness (QED) is 0.834. The standard InChI is InChI=1S/C19H22N2O4/c22-15-7-3-6-14-17(15)19(25)21(18(14)24)11-16(23)20-9-8-12-4-1-2-5-13(12)10-20/h3,6-7,12-13,22H,1-2,4-5,8-11H2. The van der Waals surface area contributed by atoms with E-state index in [1.807, 2.05) is 0 Å². The van der Waals surface area contributed by atoms with Crippen molar-refractivity contribution in [2.75, 3.05) is 19.6 Å². The summed E-state index contributed by atoms with van der Waals surface area (Å²) < 4.78 is 0.